The molecule has 1 saturated carbocycles. The Kier molecular flexibility index (Phi) is 4.60. The Hall–Kier alpha value is -2.47. The predicted octanol–water partition coefficient (Wildman–Crippen LogP) is 3.13. The molecule has 0 spiro atoms. The van der Waals surface area contributed by atoms with E-state index >= 15 is 0 Å². The summed E-state index contributed by atoms with van der Waals surface area (Å²) in [5.74, 6) is -0.737. The zero-order valence-electron chi connectivity index (χ0n) is 15.5. The Bertz CT molecular complexity index is 882. The number of rotatable bonds is 3. The summed E-state index contributed by atoms with van der Waals surface area (Å²) in [7, 11) is 0. The van der Waals surface area contributed by atoms with Crippen LogP contribution < -0.4 is 4.74 Å². The number of halogens is 1. The fourth-order valence-corrected chi connectivity index (χ4v) is 3.96. The van der Waals surface area contributed by atoms with Crippen molar-refractivity contribution in [2.75, 3.05) is 6.73 Å². The minimum Gasteiger partial charge on any atom is -0.469 e. The van der Waals surface area contributed by atoms with Gasteiger partial charge in [0.05, 0.1) is 17.7 Å². The molecule has 4 rings (SSSR count). The highest BCUT2D eigenvalue weighted by Crippen LogP contribution is 2.36. The first-order valence-corrected chi connectivity index (χ1v) is 9.31. The summed E-state index contributed by atoms with van der Waals surface area (Å²) in [4.78, 5) is 18.8. The average molecular weight is 370 g/mol. The van der Waals surface area contributed by atoms with Gasteiger partial charge in [-0.25, -0.2) is 4.39 Å². The van der Waals surface area contributed by atoms with E-state index in [4.69, 9.17) is 4.74 Å². The van der Waals surface area contributed by atoms with E-state index in [-0.39, 0.29) is 30.0 Å². The summed E-state index contributed by atoms with van der Waals surface area (Å²) >= 11 is 0. The molecule has 0 bridgehead atoms. The molecule has 1 aromatic carbocycles. The molecule has 5 nitrogen and oxygen atoms in total. The number of hydrogen-bond acceptors (Lipinski definition) is 4. The first-order chi connectivity index (χ1) is 13.0. The van der Waals surface area contributed by atoms with Crippen LogP contribution in [-0.4, -0.2) is 39.8 Å². The molecule has 0 radical (unpaired) electrons. The molecule has 2 atom stereocenters. The normalized spacial score (nSPS) is 21.9. The van der Waals surface area contributed by atoms with Crippen molar-refractivity contribution in [3.05, 3.63) is 58.2 Å². The fourth-order valence-electron chi connectivity index (χ4n) is 3.96. The van der Waals surface area contributed by atoms with Crippen molar-refractivity contribution >= 4 is 5.91 Å². The molecule has 1 aliphatic heterocycles. The standard InChI is InChI=1S/C21H23FN2O3/c1-12-6-7-14(10-23-12)8-15-9-16-20(19(22)13(15)2)27-11-24(21(16)26)17-4-3-5-18(17)25/h6-7,9-10,17-18,25H,3-5,8,11H2,1-2H3. The second kappa shape index (κ2) is 6.93. The number of hydrogen-bond donors (Lipinski definition) is 1. The zero-order chi connectivity index (χ0) is 19.1. The van der Waals surface area contributed by atoms with Gasteiger partial charge in [-0.3, -0.25) is 14.7 Å². The first kappa shape index (κ1) is 17.9. The maximum absolute atomic E-state index is 14.9. The number of aryl methyl sites for hydroxylation is 1. The van der Waals surface area contributed by atoms with Crippen LogP contribution in [0.2, 0.25) is 0 Å². The molecule has 142 valence electrons. The van der Waals surface area contributed by atoms with E-state index in [1.165, 1.54) is 4.90 Å². The molecule has 2 aromatic rings. The lowest BCUT2D eigenvalue weighted by atomic mass is 9.96. The highest BCUT2D eigenvalue weighted by molar-refractivity contribution is 5.98. The smallest absolute Gasteiger partial charge is 0.260 e. The Labute approximate surface area is 157 Å². The van der Waals surface area contributed by atoms with Crippen LogP contribution in [0.1, 0.15) is 52.0 Å². The SMILES string of the molecule is Cc1ccc(Cc2cc3c(c(F)c2C)OCN(C2CCCC2O)C3=O)cn1. The summed E-state index contributed by atoms with van der Waals surface area (Å²) in [6.45, 7) is 3.59. The third-order valence-electron chi connectivity index (χ3n) is 5.62. The van der Waals surface area contributed by atoms with Crippen LogP contribution in [0.4, 0.5) is 4.39 Å². The van der Waals surface area contributed by atoms with Crippen molar-refractivity contribution < 1.29 is 19.0 Å². The molecule has 27 heavy (non-hydrogen) atoms. The third kappa shape index (κ3) is 3.18. The fraction of sp³-hybridized carbons (Fsp3) is 0.429. The molecular weight excluding hydrogens is 347 g/mol. The van der Waals surface area contributed by atoms with E-state index in [2.05, 4.69) is 4.98 Å². The van der Waals surface area contributed by atoms with Crippen LogP contribution in [0, 0.1) is 19.7 Å². The lowest BCUT2D eigenvalue weighted by Crippen LogP contribution is -2.48. The number of ether oxygens (including phenoxy) is 1. The van der Waals surface area contributed by atoms with E-state index in [0.29, 0.717) is 18.4 Å². The van der Waals surface area contributed by atoms with Gasteiger partial charge in [0.1, 0.15) is 0 Å². The third-order valence-corrected chi connectivity index (χ3v) is 5.62. The van der Waals surface area contributed by atoms with Gasteiger partial charge in [0.25, 0.3) is 5.91 Å². The van der Waals surface area contributed by atoms with Gasteiger partial charge >= 0.3 is 0 Å². The maximum atomic E-state index is 14.9. The minimum atomic E-state index is -0.549. The van der Waals surface area contributed by atoms with Crippen molar-refractivity contribution in [1.82, 2.24) is 9.88 Å². The molecule has 0 saturated heterocycles. The Morgan fingerprint density at radius 3 is 2.81 bits per heavy atom. The molecule has 6 heteroatoms. The van der Waals surface area contributed by atoms with Gasteiger partial charge in [0.15, 0.2) is 18.3 Å². The van der Waals surface area contributed by atoms with E-state index < -0.39 is 11.9 Å². The van der Waals surface area contributed by atoms with Crippen molar-refractivity contribution in [2.24, 2.45) is 0 Å². The molecule has 1 amide bonds. The Morgan fingerprint density at radius 1 is 1.33 bits per heavy atom. The Morgan fingerprint density at radius 2 is 2.15 bits per heavy atom. The number of aliphatic hydroxyl groups is 1. The molecular formula is C21H23FN2O3. The van der Waals surface area contributed by atoms with Crippen molar-refractivity contribution in [1.29, 1.82) is 0 Å². The van der Waals surface area contributed by atoms with Gasteiger partial charge in [-0.1, -0.05) is 6.07 Å². The van der Waals surface area contributed by atoms with Crippen LogP contribution in [0.25, 0.3) is 0 Å². The average Bonchev–Trinajstić information content (AvgIpc) is 3.08. The Balaban J connectivity index is 1.68. The quantitative estimate of drug-likeness (QED) is 0.902. The van der Waals surface area contributed by atoms with E-state index in [1.54, 1.807) is 19.2 Å². The highest BCUT2D eigenvalue weighted by Gasteiger charge is 2.38. The number of carbonyl (C=O) groups excluding carboxylic acids is 1. The van der Waals surface area contributed by atoms with Crippen molar-refractivity contribution in [3.8, 4) is 5.75 Å². The van der Waals surface area contributed by atoms with Crippen LogP contribution in [-0.2, 0) is 6.42 Å². The van der Waals surface area contributed by atoms with Crippen LogP contribution in [0.5, 0.6) is 5.75 Å². The number of benzene rings is 1. The topological polar surface area (TPSA) is 62.7 Å². The second-order valence-corrected chi connectivity index (χ2v) is 7.45. The molecule has 1 fully saturated rings. The summed E-state index contributed by atoms with van der Waals surface area (Å²) in [6.07, 6.45) is 3.99. The molecule has 2 aliphatic rings. The number of aromatic nitrogens is 1. The van der Waals surface area contributed by atoms with Crippen molar-refractivity contribution in [3.63, 3.8) is 0 Å². The summed E-state index contributed by atoms with van der Waals surface area (Å²) < 4.78 is 20.5. The summed E-state index contributed by atoms with van der Waals surface area (Å²) in [5, 5.41) is 10.1. The molecule has 1 aliphatic carbocycles. The number of nitrogens with zero attached hydrogens (tertiary/aromatic N) is 2. The van der Waals surface area contributed by atoms with Crippen LogP contribution in [0.3, 0.4) is 0 Å². The second-order valence-electron chi connectivity index (χ2n) is 7.45. The number of carbonyl (C=O) groups is 1. The largest absolute Gasteiger partial charge is 0.469 e. The van der Waals surface area contributed by atoms with Gasteiger partial charge in [0, 0.05) is 11.9 Å². The summed E-state index contributed by atoms with van der Waals surface area (Å²) in [5.41, 5.74) is 3.33. The van der Waals surface area contributed by atoms with Crippen LogP contribution >= 0.6 is 0 Å². The summed E-state index contributed by atoms with van der Waals surface area (Å²) in [6, 6.07) is 5.33. The molecule has 2 unspecified atom stereocenters. The van der Waals surface area contributed by atoms with Crippen molar-refractivity contribution in [2.45, 2.75) is 51.7 Å². The molecule has 2 heterocycles. The number of aliphatic hydroxyl groups excluding tert-OH is 1. The first-order valence-electron chi connectivity index (χ1n) is 9.31. The lowest BCUT2D eigenvalue weighted by molar-refractivity contribution is 0.0115. The molecule has 1 aromatic heterocycles. The van der Waals surface area contributed by atoms with Gasteiger partial charge < -0.3 is 9.84 Å². The van der Waals surface area contributed by atoms with Gasteiger partial charge in [-0.05, 0) is 68.4 Å². The number of pyridine rings is 1. The van der Waals surface area contributed by atoms with Gasteiger partial charge in [0.2, 0.25) is 0 Å². The monoisotopic (exact) mass is 370 g/mol. The zero-order valence-corrected chi connectivity index (χ0v) is 15.5. The number of fused-ring (bicyclic) bond motifs is 1. The predicted molar refractivity (Wildman–Crippen MR) is 98.2 cm³/mol. The van der Waals surface area contributed by atoms with Gasteiger partial charge in [-0.15, -0.1) is 0 Å². The van der Waals surface area contributed by atoms with Gasteiger partial charge in [-0.2, -0.15) is 0 Å². The van der Waals surface area contributed by atoms with E-state index in [9.17, 15) is 14.3 Å². The minimum absolute atomic E-state index is 0.0204. The maximum Gasteiger partial charge on any atom is 0.260 e. The highest BCUT2D eigenvalue weighted by atomic mass is 19.1. The number of amides is 1. The van der Waals surface area contributed by atoms with E-state index in [1.807, 2.05) is 19.1 Å². The molecule has 1 N–H and O–H groups in total. The van der Waals surface area contributed by atoms with Crippen LogP contribution in [0.15, 0.2) is 24.4 Å². The van der Waals surface area contributed by atoms with E-state index in [0.717, 1.165) is 29.7 Å². The lowest BCUT2D eigenvalue weighted by Gasteiger charge is -2.35.